The molecule has 2 aromatic carbocycles. The molecule has 0 aliphatic carbocycles. The lowest BCUT2D eigenvalue weighted by molar-refractivity contribution is -0.121. The maximum absolute atomic E-state index is 12.2. The Labute approximate surface area is 185 Å². The molecule has 30 heavy (non-hydrogen) atoms. The van der Waals surface area contributed by atoms with Crippen LogP contribution in [0.25, 0.3) is 6.08 Å². The number of nitrogens with zero attached hydrogens (tertiary/aromatic N) is 1. The van der Waals surface area contributed by atoms with Gasteiger partial charge in [-0.05, 0) is 49.8 Å². The number of ether oxygens (including phenoxy) is 2. The molecule has 0 bridgehead atoms. The highest BCUT2D eigenvalue weighted by molar-refractivity contribution is 8.26. The fourth-order valence-corrected chi connectivity index (χ4v) is 3.86. The van der Waals surface area contributed by atoms with Crippen molar-refractivity contribution in [2.45, 2.75) is 13.8 Å². The summed E-state index contributed by atoms with van der Waals surface area (Å²) < 4.78 is 11.9. The number of benzene rings is 2. The van der Waals surface area contributed by atoms with Gasteiger partial charge in [0.1, 0.15) is 4.32 Å². The standard InChI is InChI=1S/C22H22N2O4S2/c1-4-27-18-11-15(12-19-21(26)24(3)22(29)30-19)7-10-17(18)28-13-20(25)23-16-8-5-14(2)6-9-16/h5-12H,4,13H2,1-3H3,(H,23,25). The van der Waals surface area contributed by atoms with E-state index in [1.807, 2.05) is 38.1 Å². The van der Waals surface area contributed by atoms with Crippen LogP contribution in [0.2, 0.25) is 0 Å². The normalized spacial score (nSPS) is 14.9. The van der Waals surface area contributed by atoms with Crippen LogP contribution in [0.5, 0.6) is 11.5 Å². The van der Waals surface area contributed by atoms with E-state index in [-0.39, 0.29) is 18.4 Å². The van der Waals surface area contributed by atoms with Gasteiger partial charge in [0, 0.05) is 12.7 Å². The fourth-order valence-electron chi connectivity index (χ4n) is 2.68. The molecular formula is C22H22N2O4S2. The van der Waals surface area contributed by atoms with Crippen molar-refractivity contribution in [3.63, 3.8) is 0 Å². The highest BCUT2D eigenvalue weighted by Gasteiger charge is 2.28. The molecule has 0 saturated carbocycles. The van der Waals surface area contributed by atoms with Crippen LogP contribution in [0.3, 0.4) is 0 Å². The first-order valence-corrected chi connectivity index (χ1v) is 10.6. The molecule has 6 nitrogen and oxygen atoms in total. The molecule has 1 fully saturated rings. The first-order valence-electron chi connectivity index (χ1n) is 9.35. The van der Waals surface area contributed by atoms with Crippen molar-refractivity contribution in [1.29, 1.82) is 0 Å². The van der Waals surface area contributed by atoms with Gasteiger partial charge in [-0.25, -0.2) is 0 Å². The minimum atomic E-state index is -0.267. The number of thioether (sulfide) groups is 1. The van der Waals surface area contributed by atoms with E-state index in [0.29, 0.717) is 33.0 Å². The third-order valence-corrected chi connectivity index (χ3v) is 5.73. The lowest BCUT2D eigenvalue weighted by Crippen LogP contribution is -2.22. The average Bonchev–Trinajstić information content (AvgIpc) is 2.96. The predicted molar refractivity (Wildman–Crippen MR) is 124 cm³/mol. The Morgan fingerprint density at radius 2 is 1.90 bits per heavy atom. The zero-order valence-corrected chi connectivity index (χ0v) is 18.6. The van der Waals surface area contributed by atoms with Crippen LogP contribution in [0.15, 0.2) is 47.4 Å². The lowest BCUT2D eigenvalue weighted by Gasteiger charge is -2.13. The number of hydrogen-bond acceptors (Lipinski definition) is 6. The van der Waals surface area contributed by atoms with Gasteiger partial charge in [-0.1, -0.05) is 47.7 Å². The maximum Gasteiger partial charge on any atom is 0.265 e. The van der Waals surface area contributed by atoms with E-state index in [1.54, 1.807) is 31.3 Å². The summed E-state index contributed by atoms with van der Waals surface area (Å²) in [6, 6.07) is 12.8. The molecule has 8 heteroatoms. The first kappa shape index (κ1) is 21.9. The number of thiocarbonyl (C=S) groups is 1. The van der Waals surface area contributed by atoms with Gasteiger partial charge in [0.15, 0.2) is 18.1 Å². The van der Waals surface area contributed by atoms with Crippen molar-refractivity contribution in [2.75, 3.05) is 25.6 Å². The highest BCUT2D eigenvalue weighted by atomic mass is 32.2. The molecule has 1 N–H and O–H groups in total. The molecule has 3 rings (SSSR count). The molecule has 2 aromatic rings. The zero-order valence-electron chi connectivity index (χ0n) is 16.9. The molecule has 0 radical (unpaired) electrons. The molecule has 1 aliphatic heterocycles. The van der Waals surface area contributed by atoms with Crippen molar-refractivity contribution in [3.05, 3.63) is 58.5 Å². The molecule has 1 saturated heterocycles. The number of carbonyl (C=O) groups excluding carboxylic acids is 2. The van der Waals surface area contributed by atoms with Gasteiger partial charge in [-0.3, -0.25) is 14.5 Å². The lowest BCUT2D eigenvalue weighted by atomic mass is 10.2. The smallest absolute Gasteiger partial charge is 0.265 e. The van der Waals surface area contributed by atoms with Gasteiger partial charge in [0.2, 0.25) is 0 Å². The Balaban J connectivity index is 1.69. The number of carbonyl (C=O) groups is 2. The summed E-state index contributed by atoms with van der Waals surface area (Å²) in [5.74, 6) is 0.561. The second-order valence-corrected chi connectivity index (χ2v) is 8.26. The zero-order chi connectivity index (χ0) is 21.7. The molecule has 1 heterocycles. The van der Waals surface area contributed by atoms with E-state index < -0.39 is 0 Å². The van der Waals surface area contributed by atoms with Crippen molar-refractivity contribution >= 4 is 51.9 Å². The number of hydrogen-bond donors (Lipinski definition) is 1. The van der Waals surface area contributed by atoms with E-state index in [9.17, 15) is 9.59 Å². The van der Waals surface area contributed by atoms with Gasteiger partial charge >= 0.3 is 0 Å². The molecule has 1 aliphatic rings. The van der Waals surface area contributed by atoms with Gasteiger partial charge in [0.05, 0.1) is 11.5 Å². The fraction of sp³-hybridized carbons (Fsp3) is 0.227. The second-order valence-electron chi connectivity index (χ2n) is 6.58. The Bertz CT molecular complexity index is 1000. The molecule has 2 amide bonds. The number of rotatable bonds is 7. The molecule has 0 unspecified atom stereocenters. The van der Waals surface area contributed by atoms with Crippen LogP contribution in [-0.4, -0.2) is 41.3 Å². The monoisotopic (exact) mass is 442 g/mol. The second kappa shape index (κ2) is 9.77. The van der Waals surface area contributed by atoms with Crippen LogP contribution in [0.4, 0.5) is 5.69 Å². The van der Waals surface area contributed by atoms with E-state index in [1.165, 1.54) is 16.7 Å². The van der Waals surface area contributed by atoms with Gasteiger partial charge in [0.25, 0.3) is 11.8 Å². The third-order valence-electron chi connectivity index (χ3n) is 4.25. The number of likely N-dealkylation sites (N-methyl/N-ethyl adjacent to an activating group) is 1. The van der Waals surface area contributed by atoms with Gasteiger partial charge in [-0.15, -0.1) is 0 Å². The number of nitrogens with one attached hydrogen (secondary N) is 1. The molecule has 0 atom stereocenters. The van der Waals surface area contributed by atoms with Crippen molar-refractivity contribution in [1.82, 2.24) is 4.90 Å². The Kier molecular flexibility index (Phi) is 7.12. The SMILES string of the molecule is CCOc1cc(C=C2SC(=S)N(C)C2=O)ccc1OCC(=O)Nc1ccc(C)cc1. The minimum absolute atomic E-state index is 0.129. The third kappa shape index (κ3) is 5.40. The van der Waals surface area contributed by atoms with E-state index in [4.69, 9.17) is 21.7 Å². The Morgan fingerprint density at radius 1 is 1.17 bits per heavy atom. The number of anilines is 1. The average molecular weight is 443 g/mol. The van der Waals surface area contributed by atoms with Crippen molar-refractivity contribution in [3.8, 4) is 11.5 Å². The van der Waals surface area contributed by atoms with Gasteiger partial charge < -0.3 is 14.8 Å². The quantitative estimate of drug-likeness (QED) is 0.511. The summed E-state index contributed by atoms with van der Waals surface area (Å²) in [6.07, 6.45) is 1.76. The van der Waals surface area contributed by atoms with Crippen LogP contribution in [-0.2, 0) is 9.59 Å². The summed E-state index contributed by atoms with van der Waals surface area (Å²) in [5.41, 5.74) is 2.61. The highest BCUT2D eigenvalue weighted by Crippen LogP contribution is 2.34. The van der Waals surface area contributed by atoms with Crippen LogP contribution in [0.1, 0.15) is 18.1 Å². The summed E-state index contributed by atoms with van der Waals surface area (Å²) in [6.45, 7) is 4.13. The Hall–Kier alpha value is -2.84. The summed E-state index contributed by atoms with van der Waals surface area (Å²) in [5, 5.41) is 2.79. The molecule has 0 spiro atoms. The Morgan fingerprint density at radius 3 is 2.53 bits per heavy atom. The van der Waals surface area contributed by atoms with Crippen LogP contribution in [0, 0.1) is 6.92 Å². The topological polar surface area (TPSA) is 67.9 Å². The van der Waals surface area contributed by atoms with Gasteiger partial charge in [-0.2, -0.15) is 0 Å². The van der Waals surface area contributed by atoms with Crippen LogP contribution >= 0.6 is 24.0 Å². The summed E-state index contributed by atoms with van der Waals surface area (Å²) in [4.78, 5) is 26.4. The predicted octanol–water partition coefficient (Wildman–Crippen LogP) is 4.24. The van der Waals surface area contributed by atoms with E-state index in [2.05, 4.69) is 5.32 Å². The van der Waals surface area contributed by atoms with Crippen molar-refractivity contribution in [2.24, 2.45) is 0 Å². The van der Waals surface area contributed by atoms with E-state index >= 15 is 0 Å². The number of amides is 2. The largest absolute Gasteiger partial charge is 0.490 e. The first-order chi connectivity index (χ1) is 14.4. The summed E-state index contributed by atoms with van der Waals surface area (Å²) in [7, 11) is 1.66. The molecular weight excluding hydrogens is 420 g/mol. The van der Waals surface area contributed by atoms with Crippen LogP contribution < -0.4 is 14.8 Å². The summed E-state index contributed by atoms with van der Waals surface area (Å²) >= 11 is 6.42. The molecule has 0 aromatic heterocycles. The van der Waals surface area contributed by atoms with E-state index in [0.717, 1.165) is 11.1 Å². The minimum Gasteiger partial charge on any atom is -0.490 e. The maximum atomic E-state index is 12.2. The van der Waals surface area contributed by atoms with Crippen molar-refractivity contribution < 1.29 is 19.1 Å². The number of aryl methyl sites for hydroxylation is 1. The molecule has 156 valence electrons.